The molecule has 3 amide bonds. The molecule has 0 spiro atoms. The number of nitrogens with zero attached hydrogens (tertiary/aromatic N) is 1. The predicted octanol–water partition coefficient (Wildman–Crippen LogP) is 3.78. The first-order valence-electron chi connectivity index (χ1n) is 9.55. The van der Waals surface area contributed by atoms with Crippen LogP contribution in [0.3, 0.4) is 0 Å². The van der Waals surface area contributed by atoms with E-state index < -0.39 is 12.1 Å². The highest BCUT2D eigenvalue weighted by molar-refractivity contribution is 6.31. The molecule has 1 aliphatic rings. The summed E-state index contributed by atoms with van der Waals surface area (Å²) in [6, 6.07) is 10.8. The minimum atomic E-state index is -0.736. The molecule has 1 aliphatic heterocycles. The standard InChI is InChI=1S/C21H23Cl2N3O4/c22-15-3-1-14(2-4-15)20(28)26-9-7-13(8-10-26)18(27)12-30-19-6-5-16(23)11-17(19)25-21(24)29/h1-6,11,13,18,27H,7-10,12H2,(H3,24,25,29). The van der Waals surface area contributed by atoms with E-state index in [-0.39, 0.29) is 18.4 Å². The van der Waals surface area contributed by atoms with Gasteiger partial charge in [-0.15, -0.1) is 0 Å². The van der Waals surface area contributed by atoms with E-state index in [1.165, 1.54) is 6.07 Å². The number of amides is 3. The van der Waals surface area contributed by atoms with Crippen LogP contribution in [0.25, 0.3) is 0 Å². The zero-order valence-electron chi connectivity index (χ0n) is 16.2. The molecule has 1 saturated heterocycles. The zero-order valence-corrected chi connectivity index (χ0v) is 17.7. The van der Waals surface area contributed by atoms with Gasteiger partial charge in [0.2, 0.25) is 0 Å². The van der Waals surface area contributed by atoms with E-state index in [1.807, 2.05) is 0 Å². The van der Waals surface area contributed by atoms with Crippen LogP contribution in [0.2, 0.25) is 10.0 Å². The third kappa shape index (κ3) is 5.78. The summed E-state index contributed by atoms with van der Waals surface area (Å²) < 4.78 is 5.69. The van der Waals surface area contributed by atoms with Crippen LogP contribution in [0.1, 0.15) is 23.2 Å². The van der Waals surface area contributed by atoms with Crippen LogP contribution < -0.4 is 15.8 Å². The summed E-state index contributed by atoms with van der Waals surface area (Å²) in [5.41, 5.74) is 6.10. The minimum absolute atomic E-state index is 0.000817. The number of hydrogen-bond acceptors (Lipinski definition) is 4. The van der Waals surface area contributed by atoms with E-state index in [1.54, 1.807) is 41.3 Å². The smallest absolute Gasteiger partial charge is 0.316 e. The fourth-order valence-electron chi connectivity index (χ4n) is 3.43. The third-order valence-electron chi connectivity index (χ3n) is 5.07. The van der Waals surface area contributed by atoms with Gasteiger partial charge < -0.3 is 25.8 Å². The van der Waals surface area contributed by atoms with Crippen LogP contribution in [0.4, 0.5) is 10.5 Å². The van der Waals surface area contributed by atoms with E-state index in [0.29, 0.717) is 53.0 Å². The van der Waals surface area contributed by atoms with Crippen molar-refractivity contribution in [1.82, 2.24) is 4.90 Å². The molecule has 0 radical (unpaired) electrons. The molecule has 1 unspecified atom stereocenters. The van der Waals surface area contributed by atoms with Gasteiger partial charge in [-0.3, -0.25) is 4.79 Å². The van der Waals surface area contributed by atoms with Gasteiger partial charge in [0.05, 0.1) is 11.8 Å². The Labute approximate surface area is 184 Å². The molecule has 1 fully saturated rings. The number of nitrogens with two attached hydrogens (primary N) is 1. The van der Waals surface area contributed by atoms with Gasteiger partial charge in [-0.1, -0.05) is 23.2 Å². The Balaban J connectivity index is 1.52. The molecule has 160 valence electrons. The van der Waals surface area contributed by atoms with Crippen molar-refractivity contribution >= 4 is 40.8 Å². The number of benzene rings is 2. The van der Waals surface area contributed by atoms with Crippen molar-refractivity contribution in [3.8, 4) is 5.75 Å². The zero-order chi connectivity index (χ0) is 21.7. The first-order valence-corrected chi connectivity index (χ1v) is 10.3. The molecule has 0 bridgehead atoms. The Morgan fingerprint density at radius 2 is 1.77 bits per heavy atom. The van der Waals surface area contributed by atoms with Gasteiger partial charge in [0.15, 0.2) is 0 Å². The van der Waals surface area contributed by atoms with Crippen LogP contribution in [0, 0.1) is 5.92 Å². The number of ether oxygens (including phenoxy) is 1. The molecular weight excluding hydrogens is 429 g/mol. The van der Waals surface area contributed by atoms with Crippen LogP contribution in [0.5, 0.6) is 5.75 Å². The number of aliphatic hydroxyl groups is 1. The van der Waals surface area contributed by atoms with Crippen LogP contribution in [-0.2, 0) is 0 Å². The van der Waals surface area contributed by atoms with E-state index in [4.69, 9.17) is 33.7 Å². The maximum absolute atomic E-state index is 12.6. The van der Waals surface area contributed by atoms with Gasteiger partial charge in [-0.2, -0.15) is 0 Å². The van der Waals surface area contributed by atoms with E-state index >= 15 is 0 Å². The van der Waals surface area contributed by atoms with Gasteiger partial charge in [0.25, 0.3) is 5.91 Å². The van der Waals surface area contributed by atoms with Crippen molar-refractivity contribution in [3.63, 3.8) is 0 Å². The van der Waals surface area contributed by atoms with Gasteiger partial charge >= 0.3 is 6.03 Å². The molecule has 1 heterocycles. The Bertz CT molecular complexity index is 900. The van der Waals surface area contributed by atoms with Crippen molar-refractivity contribution in [1.29, 1.82) is 0 Å². The summed E-state index contributed by atoms with van der Waals surface area (Å²) in [4.78, 5) is 25.5. The molecule has 0 saturated carbocycles. The quantitative estimate of drug-likeness (QED) is 0.621. The molecule has 0 aliphatic carbocycles. The van der Waals surface area contributed by atoms with Crippen molar-refractivity contribution in [2.75, 3.05) is 25.0 Å². The topological polar surface area (TPSA) is 105 Å². The van der Waals surface area contributed by atoms with Gasteiger partial charge in [-0.05, 0) is 61.2 Å². The second-order valence-corrected chi connectivity index (χ2v) is 8.02. The lowest BCUT2D eigenvalue weighted by molar-refractivity contribution is 0.0243. The molecule has 7 nitrogen and oxygen atoms in total. The number of hydrogen-bond donors (Lipinski definition) is 3. The Hall–Kier alpha value is -2.48. The molecule has 30 heavy (non-hydrogen) atoms. The SMILES string of the molecule is NC(=O)Nc1cc(Cl)ccc1OCC(O)C1CCN(C(=O)c2ccc(Cl)cc2)CC1. The molecule has 2 aromatic rings. The number of likely N-dealkylation sites (tertiary alicyclic amines) is 1. The molecule has 2 aromatic carbocycles. The number of urea groups is 1. The van der Waals surface area contributed by atoms with E-state index in [2.05, 4.69) is 5.32 Å². The number of nitrogens with one attached hydrogen (secondary N) is 1. The Morgan fingerprint density at radius 3 is 2.40 bits per heavy atom. The van der Waals surface area contributed by atoms with Gasteiger partial charge in [-0.25, -0.2) is 4.79 Å². The average molecular weight is 452 g/mol. The molecule has 1 atom stereocenters. The lowest BCUT2D eigenvalue weighted by Gasteiger charge is -2.34. The van der Waals surface area contributed by atoms with E-state index in [0.717, 1.165) is 0 Å². The number of piperidine rings is 1. The highest BCUT2D eigenvalue weighted by Gasteiger charge is 2.28. The number of carbonyl (C=O) groups is 2. The average Bonchev–Trinajstić information content (AvgIpc) is 2.73. The highest BCUT2D eigenvalue weighted by atomic mass is 35.5. The number of halogens is 2. The fourth-order valence-corrected chi connectivity index (χ4v) is 3.73. The normalized spacial score (nSPS) is 15.5. The van der Waals surface area contributed by atoms with Crippen molar-refractivity contribution in [2.24, 2.45) is 11.7 Å². The molecule has 4 N–H and O–H groups in total. The number of rotatable bonds is 6. The maximum Gasteiger partial charge on any atom is 0.316 e. The van der Waals surface area contributed by atoms with Crippen LogP contribution in [-0.4, -0.2) is 47.7 Å². The lowest BCUT2D eigenvalue weighted by Crippen LogP contribution is -2.42. The first-order chi connectivity index (χ1) is 14.3. The van der Waals surface area contributed by atoms with Crippen LogP contribution in [0.15, 0.2) is 42.5 Å². The number of aliphatic hydroxyl groups excluding tert-OH is 1. The predicted molar refractivity (Wildman–Crippen MR) is 116 cm³/mol. The minimum Gasteiger partial charge on any atom is -0.489 e. The summed E-state index contributed by atoms with van der Waals surface area (Å²) in [6.45, 7) is 1.15. The Morgan fingerprint density at radius 1 is 1.13 bits per heavy atom. The number of carbonyl (C=O) groups excluding carboxylic acids is 2. The lowest BCUT2D eigenvalue weighted by atomic mass is 9.91. The monoisotopic (exact) mass is 451 g/mol. The van der Waals surface area contributed by atoms with Gasteiger partial charge in [0.1, 0.15) is 12.4 Å². The fraction of sp³-hybridized carbons (Fsp3) is 0.333. The molecule has 0 aromatic heterocycles. The largest absolute Gasteiger partial charge is 0.489 e. The van der Waals surface area contributed by atoms with Crippen molar-refractivity contribution in [3.05, 3.63) is 58.1 Å². The highest BCUT2D eigenvalue weighted by Crippen LogP contribution is 2.29. The molecular formula is C21H23Cl2N3O4. The Kier molecular flexibility index (Phi) is 7.42. The van der Waals surface area contributed by atoms with Crippen molar-refractivity contribution < 1.29 is 19.4 Å². The second kappa shape index (κ2) is 10.0. The van der Waals surface area contributed by atoms with Crippen LogP contribution >= 0.6 is 23.2 Å². The summed E-state index contributed by atoms with van der Waals surface area (Å²) in [5, 5.41) is 14.0. The van der Waals surface area contributed by atoms with Gasteiger partial charge in [0, 0.05) is 28.7 Å². The number of primary amides is 1. The summed E-state index contributed by atoms with van der Waals surface area (Å²) in [7, 11) is 0. The summed E-state index contributed by atoms with van der Waals surface area (Å²) in [5.74, 6) is 0.325. The first kappa shape index (κ1) is 22.2. The maximum atomic E-state index is 12.6. The molecule has 3 rings (SSSR count). The van der Waals surface area contributed by atoms with Crippen molar-refractivity contribution in [2.45, 2.75) is 18.9 Å². The third-order valence-corrected chi connectivity index (χ3v) is 5.56. The summed E-state index contributed by atoms with van der Waals surface area (Å²) >= 11 is 11.8. The van der Waals surface area contributed by atoms with E-state index in [9.17, 15) is 14.7 Å². The second-order valence-electron chi connectivity index (χ2n) is 7.14. The molecule has 9 heteroatoms. The summed E-state index contributed by atoms with van der Waals surface area (Å²) in [6.07, 6.45) is 0.614. The number of anilines is 1.